The molecule has 0 saturated carbocycles. The molecule has 2 aromatic rings. The van der Waals surface area contributed by atoms with Crippen LogP contribution < -0.4 is 4.74 Å². The van der Waals surface area contributed by atoms with Crippen molar-refractivity contribution in [2.45, 2.75) is 13.3 Å². The summed E-state index contributed by atoms with van der Waals surface area (Å²) < 4.78 is 5.14. The van der Waals surface area contributed by atoms with Gasteiger partial charge in [-0.1, -0.05) is 29.8 Å². The van der Waals surface area contributed by atoms with Crippen molar-refractivity contribution < 1.29 is 9.53 Å². The first-order valence-corrected chi connectivity index (χ1v) is 6.40. The summed E-state index contributed by atoms with van der Waals surface area (Å²) in [5, 5.41) is 0.507. The number of carbonyl (C=O) groups excluding carboxylic acids is 1. The van der Waals surface area contributed by atoms with E-state index in [1.807, 2.05) is 37.3 Å². The lowest BCUT2D eigenvalue weighted by Crippen LogP contribution is -2.04. The van der Waals surface area contributed by atoms with E-state index in [0.29, 0.717) is 17.0 Å². The molecule has 98 valence electrons. The number of carbonyl (C=O) groups is 1. The number of Topliss-reactive ketones (excluding diaryl/α,β-unsaturated/α-hetero) is 1. The topological polar surface area (TPSA) is 26.3 Å². The summed E-state index contributed by atoms with van der Waals surface area (Å²) >= 11 is 6.10. The van der Waals surface area contributed by atoms with Crippen LogP contribution in [0.3, 0.4) is 0 Å². The van der Waals surface area contributed by atoms with Crippen LogP contribution in [-0.4, -0.2) is 12.9 Å². The van der Waals surface area contributed by atoms with E-state index < -0.39 is 0 Å². The van der Waals surface area contributed by atoms with Gasteiger partial charge in [0.05, 0.1) is 12.1 Å². The number of rotatable bonds is 4. The Morgan fingerprint density at radius 2 is 2.00 bits per heavy atom. The van der Waals surface area contributed by atoms with Crippen molar-refractivity contribution in [3.63, 3.8) is 0 Å². The Labute approximate surface area is 118 Å². The lowest BCUT2D eigenvalue weighted by molar-refractivity contribution is 0.0993. The first kappa shape index (κ1) is 13.6. The fraction of sp³-hybridized carbons (Fsp3) is 0.188. The molecule has 0 bridgehead atoms. The zero-order chi connectivity index (χ0) is 13.8. The molecular weight excluding hydrogens is 260 g/mol. The van der Waals surface area contributed by atoms with Gasteiger partial charge in [-0.3, -0.25) is 4.79 Å². The molecule has 0 aliphatic heterocycles. The SMILES string of the molecule is COc1cccc(CC(=O)c2ccc(C)cc2Cl)c1. The molecule has 0 aromatic heterocycles. The second-order valence-electron chi connectivity index (χ2n) is 4.43. The van der Waals surface area contributed by atoms with Crippen LogP contribution in [0, 0.1) is 6.92 Å². The Kier molecular flexibility index (Phi) is 4.23. The van der Waals surface area contributed by atoms with E-state index in [1.165, 1.54) is 0 Å². The number of hydrogen-bond acceptors (Lipinski definition) is 2. The number of methoxy groups -OCH3 is 1. The first-order valence-electron chi connectivity index (χ1n) is 6.02. The lowest BCUT2D eigenvalue weighted by atomic mass is 10.0. The summed E-state index contributed by atoms with van der Waals surface area (Å²) in [5.74, 6) is 0.763. The van der Waals surface area contributed by atoms with Gasteiger partial charge in [-0.25, -0.2) is 0 Å². The van der Waals surface area contributed by atoms with Crippen molar-refractivity contribution in [2.75, 3.05) is 7.11 Å². The molecule has 3 heteroatoms. The van der Waals surface area contributed by atoms with Crippen LogP contribution >= 0.6 is 11.6 Å². The highest BCUT2D eigenvalue weighted by atomic mass is 35.5. The number of benzene rings is 2. The third-order valence-electron chi connectivity index (χ3n) is 2.92. The molecular formula is C16H15ClO2. The van der Waals surface area contributed by atoms with Gasteiger partial charge in [0.1, 0.15) is 5.75 Å². The molecule has 2 aromatic carbocycles. The maximum Gasteiger partial charge on any atom is 0.168 e. The van der Waals surface area contributed by atoms with E-state index in [9.17, 15) is 4.79 Å². The van der Waals surface area contributed by atoms with Gasteiger partial charge in [-0.2, -0.15) is 0 Å². The van der Waals surface area contributed by atoms with E-state index in [1.54, 1.807) is 19.2 Å². The summed E-state index contributed by atoms with van der Waals surface area (Å²) in [7, 11) is 1.61. The zero-order valence-corrected chi connectivity index (χ0v) is 11.7. The summed E-state index contributed by atoms with van der Waals surface area (Å²) in [6, 6.07) is 13.0. The quantitative estimate of drug-likeness (QED) is 0.785. The molecule has 0 radical (unpaired) electrons. The van der Waals surface area contributed by atoms with Gasteiger partial charge in [-0.15, -0.1) is 0 Å². The summed E-state index contributed by atoms with van der Waals surface area (Å²) in [4.78, 5) is 12.2. The Hall–Kier alpha value is -1.80. The number of ether oxygens (including phenoxy) is 1. The summed E-state index contributed by atoms with van der Waals surface area (Å²) in [5.41, 5.74) is 2.53. The van der Waals surface area contributed by atoms with Gasteiger partial charge in [0.15, 0.2) is 5.78 Å². The Bertz CT molecular complexity index is 605. The molecule has 0 N–H and O–H groups in total. The molecule has 19 heavy (non-hydrogen) atoms. The minimum Gasteiger partial charge on any atom is -0.497 e. The zero-order valence-electron chi connectivity index (χ0n) is 10.9. The average molecular weight is 275 g/mol. The highest BCUT2D eigenvalue weighted by molar-refractivity contribution is 6.34. The molecule has 0 spiro atoms. The second kappa shape index (κ2) is 5.89. The Morgan fingerprint density at radius 1 is 1.21 bits per heavy atom. The largest absolute Gasteiger partial charge is 0.497 e. The molecule has 0 aliphatic carbocycles. The minimum absolute atomic E-state index is 0.0123. The van der Waals surface area contributed by atoms with Crippen molar-refractivity contribution in [3.8, 4) is 5.75 Å². The third-order valence-corrected chi connectivity index (χ3v) is 3.24. The fourth-order valence-corrected chi connectivity index (χ4v) is 2.25. The smallest absolute Gasteiger partial charge is 0.168 e. The normalized spacial score (nSPS) is 10.3. The first-order chi connectivity index (χ1) is 9.10. The summed E-state index contributed by atoms with van der Waals surface area (Å²) in [6.07, 6.45) is 0.319. The van der Waals surface area contributed by atoms with Crippen LogP contribution in [0.5, 0.6) is 5.75 Å². The van der Waals surface area contributed by atoms with Crippen molar-refractivity contribution in [1.82, 2.24) is 0 Å². The van der Waals surface area contributed by atoms with Crippen LogP contribution in [0.1, 0.15) is 21.5 Å². The molecule has 0 heterocycles. The van der Waals surface area contributed by atoms with E-state index in [2.05, 4.69) is 0 Å². The fourth-order valence-electron chi connectivity index (χ4n) is 1.91. The number of aryl methyl sites for hydroxylation is 1. The monoisotopic (exact) mass is 274 g/mol. The highest BCUT2D eigenvalue weighted by Crippen LogP contribution is 2.20. The predicted octanol–water partition coefficient (Wildman–Crippen LogP) is 4.08. The van der Waals surface area contributed by atoms with Crippen molar-refractivity contribution in [3.05, 3.63) is 64.2 Å². The van der Waals surface area contributed by atoms with Gasteiger partial charge in [0, 0.05) is 12.0 Å². The minimum atomic E-state index is 0.0123. The highest BCUT2D eigenvalue weighted by Gasteiger charge is 2.11. The standard InChI is InChI=1S/C16H15ClO2/c1-11-6-7-14(15(17)8-11)16(18)10-12-4-3-5-13(9-12)19-2/h3-9H,10H2,1-2H3. The predicted molar refractivity (Wildman–Crippen MR) is 77.2 cm³/mol. The Morgan fingerprint density at radius 3 is 2.68 bits per heavy atom. The maximum absolute atomic E-state index is 12.2. The van der Waals surface area contributed by atoms with Gasteiger partial charge < -0.3 is 4.74 Å². The van der Waals surface area contributed by atoms with Crippen LogP contribution in [-0.2, 0) is 6.42 Å². The van der Waals surface area contributed by atoms with E-state index in [0.717, 1.165) is 16.9 Å². The summed E-state index contributed by atoms with van der Waals surface area (Å²) in [6.45, 7) is 1.95. The molecule has 0 atom stereocenters. The van der Waals surface area contributed by atoms with Gasteiger partial charge in [0.2, 0.25) is 0 Å². The third kappa shape index (κ3) is 3.36. The van der Waals surface area contributed by atoms with Crippen LogP contribution in [0.15, 0.2) is 42.5 Å². The maximum atomic E-state index is 12.2. The van der Waals surface area contributed by atoms with Crippen molar-refractivity contribution >= 4 is 17.4 Å². The number of hydrogen-bond donors (Lipinski definition) is 0. The molecule has 0 fully saturated rings. The number of ketones is 1. The molecule has 0 aliphatic rings. The Balaban J connectivity index is 2.20. The average Bonchev–Trinajstić information content (AvgIpc) is 2.38. The van der Waals surface area contributed by atoms with Gasteiger partial charge >= 0.3 is 0 Å². The number of halogens is 1. The van der Waals surface area contributed by atoms with Crippen LogP contribution in [0.25, 0.3) is 0 Å². The molecule has 0 amide bonds. The molecule has 2 nitrogen and oxygen atoms in total. The molecule has 0 unspecified atom stereocenters. The lowest BCUT2D eigenvalue weighted by Gasteiger charge is -2.06. The van der Waals surface area contributed by atoms with Gasteiger partial charge in [0.25, 0.3) is 0 Å². The van der Waals surface area contributed by atoms with Gasteiger partial charge in [-0.05, 0) is 42.3 Å². The van der Waals surface area contributed by atoms with E-state index >= 15 is 0 Å². The van der Waals surface area contributed by atoms with Crippen LogP contribution in [0.2, 0.25) is 5.02 Å². The molecule has 0 saturated heterocycles. The van der Waals surface area contributed by atoms with E-state index in [-0.39, 0.29) is 5.78 Å². The van der Waals surface area contributed by atoms with Crippen LogP contribution in [0.4, 0.5) is 0 Å². The van der Waals surface area contributed by atoms with Crippen molar-refractivity contribution in [1.29, 1.82) is 0 Å². The second-order valence-corrected chi connectivity index (χ2v) is 4.84. The molecule has 2 rings (SSSR count). The van der Waals surface area contributed by atoms with Crippen molar-refractivity contribution in [2.24, 2.45) is 0 Å². The van der Waals surface area contributed by atoms with E-state index in [4.69, 9.17) is 16.3 Å².